The number of pyridine rings is 1. The Morgan fingerprint density at radius 2 is 1.30 bits per heavy atom. The molecule has 2 aromatic carbocycles. The second-order valence-corrected chi connectivity index (χ2v) is 6.12. The number of ketones is 2. The van der Waals surface area contributed by atoms with E-state index in [-0.39, 0.29) is 17.3 Å². The lowest BCUT2D eigenvalue weighted by Crippen LogP contribution is -2.07. The summed E-state index contributed by atoms with van der Waals surface area (Å²) in [6.07, 6.45) is 0.686. The molecular formula is C23H15NO3. The first-order valence-electron chi connectivity index (χ1n) is 8.50. The van der Waals surface area contributed by atoms with Crippen LogP contribution in [-0.4, -0.2) is 22.3 Å². The SMILES string of the molecule is O=Cc1cccc2c(C(=O)c3ccccc3)cc(C(=O)c3ccccc3)n12. The third-order valence-corrected chi connectivity index (χ3v) is 4.49. The molecule has 0 spiro atoms. The van der Waals surface area contributed by atoms with Gasteiger partial charge in [-0.05, 0) is 18.2 Å². The zero-order chi connectivity index (χ0) is 18.8. The Labute approximate surface area is 155 Å². The van der Waals surface area contributed by atoms with Gasteiger partial charge in [0.1, 0.15) is 0 Å². The Kier molecular flexibility index (Phi) is 4.22. The van der Waals surface area contributed by atoms with Crippen LogP contribution >= 0.6 is 0 Å². The number of carbonyl (C=O) groups is 3. The minimum Gasteiger partial charge on any atom is -0.303 e. The lowest BCUT2D eigenvalue weighted by molar-refractivity contribution is 0.103. The molecule has 0 fully saturated rings. The molecule has 4 nitrogen and oxygen atoms in total. The van der Waals surface area contributed by atoms with Crippen molar-refractivity contribution in [2.45, 2.75) is 0 Å². The van der Waals surface area contributed by atoms with Gasteiger partial charge in [0.05, 0.1) is 16.9 Å². The number of hydrogen-bond acceptors (Lipinski definition) is 3. The predicted molar refractivity (Wildman–Crippen MR) is 103 cm³/mol. The Hall–Kier alpha value is -3.79. The monoisotopic (exact) mass is 353 g/mol. The molecule has 0 N–H and O–H groups in total. The molecule has 0 aliphatic rings. The third kappa shape index (κ3) is 2.87. The minimum atomic E-state index is -0.244. The van der Waals surface area contributed by atoms with Crippen LogP contribution in [0, 0.1) is 0 Å². The molecule has 0 atom stereocenters. The fourth-order valence-corrected chi connectivity index (χ4v) is 3.20. The van der Waals surface area contributed by atoms with E-state index in [1.807, 2.05) is 12.1 Å². The Bertz CT molecular complexity index is 1160. The molecule has 4 rings (SSSR count). The first kappa shape index (κ1) is 16.7. The summed E-state index contributed by atoms with van der Waals surface area (Å²) in [6, 6.07) is 24.3. The molecule has 0 unspecified atom stereocenters. The Morgan fingerprint density at radius 3 is 1.89 bits per heavy atom. The molecule has 0 saturated carbocycles. The molecule has 0 amide bonds. The second kappa shape index (κ2) is 6.84. The van der Waals surface area contributed by atoms with Gasteiger partial charge >= 0.3 is 0 Å². The zero-order valence-electron chi connectivity index (χ0n) is 14.3. The van der Waals surface area contributed by atoms with Gasteiger partial charge in [-0.3, -0.25) is 14.4 Å². The molecule has 0 radical (unpaired) electrons. The standard InChI is InChI=1S/C23H15NO3/c25-15-18-12-7-13-20-19(22(26)16-8-3-1-4-9-16)14-21(24(18)20)23(27)17-10-5-2-6-11-17/h1-15H. The number of hydrogen-bond donors (Lipinski definition) is 0. The molecule has 0 aliphatic heterocycles. The molecule has 0 bridgehead atoms. The molecular weight excluding hydrogens is 338 g/mol. The first-order chi connectivity index (χ1) is 13.2. The average molecular weight is 353 g/mol. The van der Waals surface area contributed by atoms with E-state index in [1.54, 1.807) is 77.2 Å². The molecule has 2 aromatic heterocycles. The highest BCUT2D eigenvalue weighted by molar-refractivity contribution is 6.17. The van der Waals surface area contributed by atoms with E-state index < -0.39 is 0 Å². The van der Waals surface area contributed by atoms with Crippen molar-refractivity contribution in [3.05, 3.63) is 113 Å². The first-order valence-corrected chi connectivity index (χ1v) is 8.50. The molecule has 0 saturated heterocycles. The maximum absolute atomic E-state index is 13.1. The number of aromatic nitrogens is 1. The van der Waals surface area contributed by atoms with Gasteiger partial charge in [-0.1, -0.05) is 66.7 Å². The van der Waals surface area contributed by atoms with E-state index in [2.05, 4.69) is 0 Å². The van der Waals surface area contributed by atoms with E-state index in [0.717, 1.165) is 0 Å². The van der Waals surface area contributed by atoms with E-state index >= 15 is 0 Å². The van der Waals surface area contributed by atoms with Crippen molar-refractivity contribution in [2.24, 2.45) is 0 Å². The van der Waals surface area contributed by atoms with E-state index in [1.165, 1.54) is 0 Å². The summed E-state index contributed by atoms with van der Waals surface area (Å²) in [6.45, 7) is 0. The second-order valence-electron chi connectivity index (χ2n) is 6.12. The summed E-state index contributed by atoms with van der Waals surface area (Å²) >= 11 is 0. The van der Waals surface area contributed by atoms with Gasteiger partial charge < -0.3 is 4.40 Å². The van der Waals surface area contributed by atoms with Crippen molar-refractivity contribution in [1.82, 2.24) is 4.40 Å². The van der Waals surface area contributed by atoms with Crippen LogP contribution in [0.3, 0.4) is 0 Å². The van der Waals surface area contributed by atoms with E-state index in [9.17, 15) is 14.4 Å². The maximum Gasteiger partial charge on any atom is 0.209 e. The highest BCUT2D eigenvalue weighted by Gasteiger charge is 2.22. The topological polar surface area (TPSA) is 55.6 Å². The Morgan fingerprint density at radius 1 is 0.704 bits per heavy atom. The van der Waals surface area contributed by atoms with Crippen LogP contribution in [0.15, 0.2) is 84.9 Å². The van der Waals surface area contributed by atoms with Gasteiger partial charge in [-0.25, -0.2) is 0 Å². The summed E-state index contributed by atoms with van der Waals surface area (Å²) < 4.78 is 1.55. The molecule has 27 heavy (non-hydrogen) atoms. The van der Waals surface area contributed by atoms with Gasteiger partial charge in [0.25, 0.3) is 0 Å². The molecule has 0 aliphatic carbocycles. The molecule has 2 heterocycles. The fraction of sp³-hybridized carbons (Fsp3) is 0. The van der Waals surface area contributed by atoms with Gasteiger partial charge in [-0.2, -0.15) is 0 Å². The lowest BCUT2D eigenvalue weighted by Gasteiger charge is -2.05. The van der Waals surface area contributed by atoms with Crippen molar-refractivity contribution >= 4 is 23.4 Å². The number of benzene rings is 2. The smallest absolute Gasteiger partial charge is 0.209 e. The van der Waals surface area contributed by atoms with Gasteiger partial charge in [0.2, 0.25) is 5.78 Å². The summed E-state index contributed by atoms with van der Waals surface area (Å²) in [5.41, 5.74) is 2.56. The molecule has 4 aromatic rings. The van der Waals surface area contributed by atoms with Crippen LogP contribution in [0.4, 0.5) is 0 Å². The summed E-state index contributed by atoms with van der Waals surface area (Å²) in [4.78, 5) is 37.6. The van der Waals surface area contributed by atoms with Crippen molar-refractivity contribution in [1.29, 1.82) is 0 Å². The predicted octanol–water partition coefficient (Wildman–Crippen LogP) is 4.21. The summed E-state index contributed by atoms with van der Waals surface area (Å²) in [7, 11) is 0. The number of fused-ring (bicyclic) bond motifs is 1. The largest absolute Gasteiger partial charge is 0.303 e. The van der Waals surface area contributed by atoms with Crippen molar-refractivity contribution in [3.8, 4) is 0 Å². The van der Waals surface area contributed by atoms with Crippen molar-refractivity contribution < 1.29 is 14.4 Å². The van der Waals surface area contributed by atoms with Crippen LogP contribution in [0.2, 0.25) is 0 Å². The third-order valence-electron chi connectivity index (χ3n) is 4.49. The van der Waals surface area contributed by atoms with Crippen LogP contribution in [0.1, 0.15) is 42.5 Å². The number of carbonyl (C=O) groups excluding carboxylic acids is 3. The van der Waals surface area contributed by atoms with Crippen molar-refractivity contribution in [2.75, 3.05) is 0 Å². The van der Waals surface area contributed by atoms with Gasteiger partial charge in [0.15, 0.2) is 12.1 Å². The van der Waals surface area contributed by atoms with Crippen molar-refractivity contribution in [3.63, 3.8) is 0 Å². The number of nitrogens with zero attached hydrogens (tertiary/aromatic N) is 1. The van der Waals surface area contributed by atoms with Crippen LogP contribution in [-0.2, 0) is 0 Å². The zero-order valence-corrected chi connectivity index (χ0v) is 14.3. The minimum absolute atomic E-state index is 0.191. The maximum atomic E-state index is 13.1. The lowest BCUT2D eigenvalue weighted by atomic mass is 10.0. The highest BCUT2D eigenvalue weighted by atomic mass is 16.1. The molecule has 4 heteroatoms. The Balaban J connectivity index is 1.96. The number of aldehydes is 1. The number of rotatable bonds is 5. The van der Waals surface area contributed by atoms with E-state index in [4.69, 9.17) is 0 Å². The quantitative estimate of drug-likeness (QED) is 0.399. The van der Waals surface area contributed by atoms with Crippen LogP contribution < -0.4 is 0 Å². The normalized spacial score (nSPS) is 10.7. The van der Waals surface area contributed by atoms with E-state index in [0.29, 0.717) is 34.2 Å². The summed E-state index contributed by atoms with van der Waals surface area (Å²) in [5.74, 6) is -0.435. The van der Waals surface area contributed by atoms with Gasteiger partial charge in [0, 0.05) is 16.7 Å². The van der Waals surface area contributed by atoms with Gasteiger partial charge in [-0.15, -0.1) is 0 Å². The van der Waals surface area contributed by atoms with Crippen LogP contribution in [0.25, 0.3) is 5.52 Å². The molecule has 130 valence electrons. The highest BCUT2D eigenvalue weighted by Crippen LogP contribution is 2.24. The summed E-state index contributed by atoms with van der Waals surface area (Å²) in [5, 5.41) is 0. The fourth-order valence-electron chi connectivity index (χ4n) is 3.20. The average Bonchev–Trinajstić information content (AvgIpc) is 3.13. The van der Waals surface area contributed by atoms with Crippen LogP contribution in [0.5, 0.6) is 0 Å².